The number of aromatic hydroxyl groups is 1. The summed E-state index contributed by atoms with van der Waals surface area (Å²) in [5.41, 5.74) is 6.55. The Morgan fingerprint density at radius 1 is 0.889 bits per heavy atom. The van der Waals surface area contributed by atoms with Crippen LogP contribution in [0.2, 0.25) is 0 Å². The van der Waals surface area contributed by atoms with Gasteiger partial charge >= 0.3 is 5.97 Å². The number of aryl methyl sites for hydroxylation is 4. The Bertz CT molecular complexity index is 1220. The second kappa shape index (κ2) is 11.2. The highest BCUT2D eigenvalue weighted by Gasteiger charge is 2.29. The van der Waals surface area contributed by atoms with E-state index in [1.54, 1.807) is 0 Å². The Kier molecular flexibility index (Phi) is 8.35. The zero-order chi connectivity index (χ0) is 26.6. The molecule has 2 atom stereocenters. The number of esters is 1. The molecule has 0 aliphatic heterocycles. The van der Waals surface area contributed by atoms with Crippen LogP contribution in [-0.4, -0.2) is 41.2 Å². The molecule has 0 bridgehead atoms. The van der Waals surface area contributed by atoms with Gasteiger partial charge in [-0.3, -0.25) is 4.79 Å². The second-order valence-corrected chi connectivity index (χ2v) is 9.21. The largest absolute Gasteiger partial charge is 0.503 e. The molecular formula is C29H34N2O5. The number of hydrogen-bond donors (Lipinski definition) is 2. The van der Waals surface area contributed by atoms with E-state index in [1.807, 2.05) is 6.92 Å². The van der Waals surface area contributed by atoms with E-state index in [1.165, 1.54) is 37.4 Å². The molecule has 0 fully saturated rings. The first-order chi connectivity index (χ1) is 17.0. The van der Waals surface area contributed by atoms with Crippen LogP contribution in [0.25, 0.3) is 0 Å². The first kappa shape index (κ1) is 26.7. The summed E-state index contributed by atoms with van der Waals surface area (Å²) in [5, 5.41) is 12.8. The van der Waals surface area contributed by atoms with Gasteiger partial charge in [-0.1, -0.05) is 36.4 Å². The van der Waals surface area contributed by atoms with E-state index >= 15 is 0 Å². The van der Waals surface area contributed by atoms with Crippen LogP contribution in [-0.2, 0) is 9.53 Å². The molecule has 2 N–H and O–H groups in total. The number of ether oxygens (including phenoxy) is 2. The Morgan fingerprint density at radius 2 is 1.44 bits per heavy atom. The molecule has 3 aromatic rings. The Hall–Kier alpha value is -3.87. The molecule has 7 nitrogen and oxygen atoms in total. The second-order valence-electron chi connectivity index (χ2n) is 9.21. The zero-order valence-corrected chi connectivity index (χ0v) is 21.9. The highest BCUT2D eigenvalue weighted by Crippen LogP contribution is 2.32. The molecule has 0 aliphatic carbocycles. The van der Waals surface area contributed by atoms with Crippen LogP contribution in [0, 0.1) is 27.7 Å². The topological polar surface area (TPSA) is 97.8 Å². The van der Waals surface area contributed by atoms with Crippen molar-refractivity contribution in [2.24, 2.45) is 0 Å². The number of hydrogen-bond acceptors (Lipinski definition) is 6. The van der Waals surface area contributed by atoms with E-state index in [-0.39, 0.29) is 17.4 Å². The highest BCUT2D eigenvalue weighted by molar-refractivity contribution is 5.97. The number of rotatable bonds is 8. The molecule has 3 rings (SSSR count). The Labute approximate surface area is 212 Å². The maximum Gasteiger partial charge on any atom is 0.328 e. The van der Waals surface area contributed by atoms with Gasteiger partial charge in [-0.15, -0.1) is 0 Å². The molecule has 0 unspecified atom stereocenters. The summed E-state index contributed by atoms with van der Waals surface area (Å²) in [4.78, 5) is 29.6. The molecule has 190 valence electrons. The number of carbonyl (C=O) groups is 2. The minimum absolute atomic E-state index is 0.114. The summed E-state index contributed by atoms with van der Waals surface area (Å²) >= 11 is 0. The van der Waals surface area contributed by atoms with E-state index in [4.69, 9.17) is 9.47 Å². The molecule has 0 spiro atoms. The van der Waals surface area contributed by atoms with Crippen molar-refractivity contribution in [3.05, 3.63) is 87.7 Å². The first-order valence-corrected chi connectivity index (χ1v) is 11.9. The van der Waals surface area contributed by atoms with Crippen molar-refractivity contribution in [2.75, 3.05) is 7.11 Å². The molecule has 2 aromatic carbocycles. The minimum atomic E-state index is -0.965. The third-order valence-corrected chi connectivity index (χ3v) is 6.58. The zero-order valence-electron chi connectivity index (χ0n) is 21.9. The molecule has 36 heavy (non-hydrogen) atoms. The summed E-state index contributed by atoms with van der Waals surface area (Å²) in [6.07, 6.45) is 0.834. The first-order valence-electron chi connectivity index (χ1n) is 11.9. The van der Waals surface area contributed by atoms with Crippen molar-refractivity contribution in [1.82, 2.24) is 10.3 Å². The van der Waals surface area contributed by atoms with E-state index in [0.29, 0.717) is 0 Å². The van der Waals surface area contributed by atoms with Gasteiger partial charge in [0, 0.05) is 18.2 Å². The van der Waals surface area contributed by atoms with Crippen LogP contribution >= 0.6 is 0 Å². The van der Waals surface area contributed by atoms with E-state index in [0.717, 1.165) is 22.3 Å². The van der Waals surface area contributed by atoms with Gasteiger partial charge in [-0.2, -0.15) is 0 Å². The summed E-state index contributed by atoms with van der Waals surface area (Å²) in [5.74, 6) is -1.77. The molecule has 1 aromatic heterocycles. The van der Waals surface area contributed by atoms with Gasteiger partial charge in [0.2, 0.25) is 0 Å². The molecule has 7 heteroatoms. The van der Waals surface area contributed by atoms with E-state index < -0.39 is 29.8 Å². The van der Waals surface area contributed by atoms with Gasteiger partial charge in [-0.25, -0.2) is 9.78 Å². The molecule has 0 saturated heterocycles. The van der Waals surface area contributed by atoms with Crippen molar-refractivity contribution in [1.29, 1.82) is 0 Å². The lowest BCUT2D eigenvalue weighted by Gasteiger charge is -2.27. The standard InChI is InChI=1S/C29H34N2O5/c1-16-8-10-22(14-18(16)3)25(23-11-9-17(2)19(4)15-23)21(6)36-29(34)20(5)31-28(33)26-27(32)24(35-7)12-13-30-26/h8-15,20-21,25,32H,1-7H3,(H,31,33)/t20-,21-/m0/s1. The Balaban J connectivity index is 1.82. The van der Waals surface area contributed by atoms with Gasteiger partial charge in [-0.05, 0) is 74.9 Å². The van der Waals surface area contributed by atoms with Crippen molar-refractivity contribution in [2.45, 2.75) is 59.6 Å². The van der Waals surface area contributed by atoms with Crippen LogP contribution < -0.4 is 10.1 Å². The predicted octanol–water partition coefficient (Wildman–Crippen LogP) is 4.91. The van der Waals surface area contributed by atoms with Gasteiger partial charge < -0.3 is 19.9 Å². The molecule has 0 saturated carbocycles. The summed E-state index contributed by atoms with van der Waals surface area (Å²) in [6, 6.07) is 13.0. The smallest absolute Gasteiger partial charge is 0.328 e. The molecule has 0 radical (unpaired) electrons. The van der Waals surface area contributed by atoms with Crippen molar-refractivity contribution in [3.63, 3.8) is 0 Å². The lowest BCUT2D eigenvalue weighted by Crippen LogP contribution is -2.41. The van der Waals surface area contributed by atoms with Crippen LogP contribution in [0.4, 0.5) is 0 Å². The number of amides is 1. The summed E-state index contributed by atoms with van der Waals surface area (Å²) in [7, 11) is 1.37. The number of benzene rings is 2. The predicted molar refractivity (Wildman–Crippen MR) is 139 cm³/mol. The normalized spacial score (nSPS) is 12.7. The average molecular weight is 491 g/mol. The number of nitrogens with one attached hydrogen (secondary N) is 1. The van der Waals surface area contributed by atoms with Gasteiger partial charge in [0.25, 0.3) is 5.91 Å². The Morgan fingerprint density at radius 3 is 1.94 bits per heavy atom. The van der Waals surface area contributed by atoms with Crippen LogP contribution in [0.1, 0.15) is 63.6 Å². The molecule has 0 aliphatic rings. The fourth-order valence-electron chi connectivity index (χ4n) is 4.10. The average Bonchev–Trinajstić information content (AvgIpc) is 2.83. The van der Waals surface area contributed by atoms with Gasteiger partial charge in [0.1, 0.15) is 12.1 Å². The minimum Gasteiger partial charge on any atom is -0.503 e. The fraction of sp³-hybridized carbons (Fsp3) is 0.345. The molecule has 1 heterocycles. The third-order valence-electron chi connectivity index (χ3n) is 6.58. The SMILES string of the molecule is COc1ccnc(C(=O)N[C@@H](C)C(=O)O[C@@H](C)C(c2ccc(C)c(C)c2)c2ccc(C)c(C)c2)c1O. The van der Waals surface area contributed by atoms with Crippen molar-refractivity contribution in [3.8, 4) is 11.5 Å². The van der Waals surface area contributed by atoms with Gasteiger partial charge in [0.15, 0.2) is 17.2 Å². The molecular weight excluding hydrogens is 456 g/mol. The number of pyridine rings is 1. The maximum absolute atomic E-state index is 13.0. The van der Waals surface area contributed by atoms with Crippen LogP contribution in [0.5, 0.6) is 11.5 Å². The lowest BCUT2D eigenvalue weighted by molar-refractivity contribution is -0.150. The van der Waals surface area contributed by atoms with Crippen molar-refractivity contribution < 1.29 is 24.2 Å². The number of methoxy groups -OCH3 is 1. The maximum atomic E-state index is 13.0. The quantitative estimate of drug-likeness (QED) is 0.436. The van der Waals surface area contributed by atoms with E-state index in [2.05, 4.69) is 74.4 Å². The molecule has 1 amide bonds. The monoisotopic (exact) mass is 490 g/mol. The number of carbonyl (C=O) groups excluding carboxylic acids is 2. The van der Waals surface area contributed by atoms with Gasteiger partial charge in [0.05, 0.1) is 7.11 Å². The lowest BCUT2D eigenvalue weighted by atomic mass is 9.84. The summed E-state index contributed by atoms with van der Waals surface area (Å²) in [6.45, 7) is 11.6. The highest BCUT2D eigenvalue weighted by atomic mass is 16.5. The summed E-state index contributed by atoms with van der Waals surface area (Å²) < 4.78 is 10.9. The van der Waals surface area contributed by atoms with Crippen molar-refractivity contribution >= 4 is 11.9 Å². The number of aromatic nitrogens is 1. The van der Waals surface area contributed by atoms with Crippen LogP contribution in [0.15, 0.2) is 48.7 Å². The number of nitrogens with zero attached hydrogens (tertiary/aromatic N) is 1. The van der Waals surface area contributed by atoms with E-state index in [9.17, 15) is 14.7 Å². The third kappa shape index (κ3) is 5.85. The van der Waals surface area contributed by atoms with Crippen LogP contribution in [0.3, 0.4) is 0 Å². The fourth-order valence-corrected chi connectivity index (χ4v) is 4.10.